The fourth-order valence-corrected chi connectivity index (χ4v) is 2.21. The number of hydrogen-bond donors (Lipinski definition) is 1. The number of aromatic nitrogens is 4. The summed E-state index contributed by atoms with van der Waals surface area (Å²) in [5.41, 5.74) is 3.21. The molecule has 0 spiro atoms. The number of nitrogens with zero attached hydrogens (tertiary/aromatic N) is 4. The molecule has 5 nitrogen and oxygen atoms in total. The lowest BCUT2D eigenvalue weighted by atomic mass is 10.2. The molecule has 0 atom stereocenters. The molecule has 2 rings (SSSR count). The van der Waals surface area contributed by atoms with Crippen LogP contribution in [0.3, 0.4) is 0 Å². The summed E-state index contributed by atoms with van der Waals surface area (Å²) >= 11 is 0. The number of aryl methyl sites for hydroxylation is 2. The molecule has 0 saturated heterocycles. The highest BCUT2D eigenvalue weighted by atomic mass is 15.3. The highest BCUT2D eigenvalue weighted by Gasteiger charge is 2.12. The third kappa shape index (κ3) is 2.98. The molecule has 2 aromatic heterocycles. The van der Waals surface area contributed by atoms with Gasteiger partial charge in [0.2, 0.25) is 0 Å². The Balaban J connectivity index is 2.41. The minimum atomic E-state index is 0.755. The largest absolute Gasteiger partial charge is 0.370 e. The lowest BCUT2D eigenvalue weighted by Gasteiger charge is -2.11. The molecule has 0 fully saturated rings. The van der Waals surface area contributed by atoms with Gasteiger partial charge in [0.25, 0.3) is 0 Å². The standard InChI is InChI=1S/C15H23N5/c1-5-8-20-10-12(9-17-20)15-18-13(6-2)11(4)14(19-15)16-7-3/h9-10H,5-8H2,1-4H3,(H,16,18,19). The average molecular weight is 273 g/mol. The zero-order valence-corrected chi connectivity index (χ0v) is 12.8. The summed E-state index contributed by atoms with van der Waals surface area (Å²) in [4.78, 5) is 9.31. The maximum absolute atomic E-state index is 4.67. The summed E-state index contributed by atoms with van der Waals surface area (Å²) in [6, 6.07) is 0. The molecule has 0 aliphatic carbocycles. The van der Waals surface area contributed by atoms with Crippen molar-refractivity contribution in [1.82, 2.24) is 19.7 Å². The third-order valence-corrected chi connectivity index (χ3v) is 3.27. The SMILES string of the molecule is CCCn1cc(-c2nc(CC)c(C)c(NCC)n2)cn1. The normalized spacial score (nSPS) is 10.8. The van der Waals surface area contributed by atoms with Gasteiger partial charge in [-0.15, -0.1) is 0 Å². The molecule has 0 radical (unpaired) electrons. The number of rotatable bonds is 6. The van der Waals surface area contributed by atoms with Crippen LogP contribution in [0.4, 0.5) is 5.82 Å². The fraction of sp³-hybridized carbons (Fsp3) is 0.533. The van der Waals surface area contributed by atoms with Crippen molar-refractivity contribution < 1.29 is 0 Å². The van der Waals surface area contributed by atoms with E-state index in [1.165, 1.54) is 0 Å². The molecular weight excluding hydrogens is 250 g/mol. The van der Waals surface area contributed by atoms with E-state index in [-0.39, 0.29) is 0 Å². The molecule has 0 bridgehead atoms. The lowest BCUT2D eigenvalue weighted by molar-refractivity contribution is 0.603. The predicted octanol–water partition coefficient (Wildman–Crippen LogP) is 3.05. The Morgan fingerprint density at radius 2 is 2.00 bits per heavy atom. The van der Waals surface area contributed by atoms with E-state index in [0.717, 1.165) is 54.4 Å². The maximum atomic E-state index is 4.67. The summed E-state index contributed by atoms with van der Waals surface area (Å²) in [5.74, 6) is 1.68. The number of anilines is 1. The molecule has 1 N–H and O–H groups in total. The highest BCUT2D eigenvalue weighted by molar-refractivity contribution is 5.58. The third-order valence-electron chi connectivity index (χ3n) is 3.27. The van der Waals surface area contributed by atoms with Gasteiger partial charge in [0.15, 0.2) is 5.82 Å². The monoisotopic (exact) mass is 273 g/mol. The molecule has 5 heteroatoms. The zero-order chi connectivity index (χ0) is 14.5. The second-order valence-electron chi connectivity index (χ2n) is 4.84. The van der Waals surface area contributed by atoms with Gasteiger partial charge in [-0.25, -0.2) is 9.97 Å². The minimum Gasteiger partial charge on any atom is -0.370 e. The van der Waals surface area contributed by atoms with Crippen molar-refractivity contribution >= 4 is 5.82 Å². The first-order chi connectivity index (χ1) is 9.69. The topological polar surface area (TPSA) is 55.6 Å². The van der Waals surface area contributed by atoms with Crippen LogP contribution in [0.25, 0.3) is 11.4 Å². The van der Waals surface area contributed by atoms with Gasteiger partial charge in [-0.3, -0.25) is 4.68 Å². The number of hydrogen-bond acceptors (Lipinski definition) is 4. The van der Waals surface area contributed by atoms with Crippen LogP contribution >= 0.6 is 0 Å². The summed E-state index contributed by atoms with van der Waals surface area (Å²) in [6.45, 7) is 10.2. The van der Waals surface area contributed by atoms with Crippen molar-refractivity contribution in [1.29, 1.82) is 0 Å². The summed E-state index contributed by atoms with van der Waals surface area (Å²) in [5, 5.41) is 7.67. The van der Waals surface area contributed by atoms with E-state index in [0.29, 0.717) is 0 Å². The molecule has 20 heavy (non-hydrogen) atoms. The van der Waals surface area contributed by atoms with Crippen LogP contribution in [-0.2, 0) is 13.0 Å². The van der Waals surface area contributed by atoms with E-state index < -0.39 is 0 Å². The first-order valence-corrected chi connectivity index (χ1v) is 7.33. The number of nitrogens with one attached hydrogen (secondary N) is 1. The lowest BCUT2D eigenvalue weighted by Crippen LogP contribution is -2.07. The van der Waals surface area contributed by atoms with Crippen LogP contribution in [-0.4, -0.2) is 26.3 Å². The van der Waals surface area contributed by atoms with E-state index in [1.807, 2.05) is 17.1 Å². The van der Waals surface area contributed by atoms with Gasteiger partial charge in [0, 0.05) is 30.5 Å². The van der Waals surface area contributed by atoms with Gasteiger partial charge in [0.05, 0.1) is 11.8 Å². The quantitative estimate of drug-likeness (QED) is 0.879. The first kappa shape index (κ1) is 14.5. The Morgan fingerprint density at radius 1 is 1.20 bits per heavy atom. The van der Waals surface area contributed by atoms with Crippen LogP contribution in [0.15, 0.2) is 12.4 Å². The zero-order valence-electron chi connectivity index (χ0n) is 12.8. The Hall–Kier alpha value is -1.91. The molecule has 2 heterocycles. The second-order valence-corrected chi connectivity index (χ2v) is 4.84. The van der Waals surface area contributed by atoms with E-state index >= 15 is 0 Å². The molecule has 0 aliphatic heterocycles. The van der Waals surface area contributed by atoms with Crippen molar-refractivity contribution in [3.05, 3.63) is 23.7 Å². The molecule has 108 valence electrons. The predicted molar refractivity (Wildman–Crippen MR) is 81.8 cm³/mol. The van der Waals surface area contributed by atoms with Crippen LogP contribution in [0.2, 0.25) is 0 Å². The second kappa shape index (κ2) is 6.50. The molecule has 0 saturated carbocycles. The smallest absolute Gasteiger partial charge is 0.164 e. The van der Waals surface area contributed by atoms with Crippen molar-refractivity contribution in [2.24, 2.45) is 0 Å². The van der Waals surface area contributed by atoms with Crippen LogP contribution in [0.1, 0.15) is 38.4 Å². The Kier molecular flexibility index (Phi) is 4.71. The molecule has 0 unspecified atom stereocenters. The van der Waals surface area contributed by atoms with Gasteiger partial charge in [0.1, 0.15) is 5.82 Å². The van der Waals surface area contributed by atoms with Gasteiger partial charge < -0.3 is 5.32 Å². The fourth-order valence-electron chi connectivity index (χ4n) is 2.21. The van der Waals surface area contributed by atoms with Gasteiger partial charge >= 0.3 is 0 Å². The molecule has 0 amide bonds. The first-order valence-electron chi connectivity index (χ1n) is 7.33. The summed E-state index contributed by atoms with van der Waals surface area (Å²) in [7, 11) is 0. The van der Waals surface area contributed by atoms with Gasteiger partial charge in [-0.2, -0.15) is 5.10 Å². The summed E-state index contributed by atoms with van der Waals surface area (Å²) in [6.07, 6.45) is 5.83. The van der Waals surface area contributed by atoms with Crippen molar-refractivity contribution in [3.63, 3.8) is 0 Å². The molecule has 2 aromatic rings. The van der Waals surface area contributed by atoms with Gasteiger partial charge in [-0.1, -0.05) is 13.8 Å². The van der Waals surface area contributed by atoms with Crippen molar-refractivity contribution in [2.45, 2.75) is 47.1 Å². The molecule has 0 aliphatic rings. The van der Waals surface area contributed by atoms with E-state index in [4.69, 9.17) is 0 Å². The maximum Gasteiger partial charge on any atom is 0.164 e. The Bertz CT molecular complexity index is 574. The summed E-state index contributed by atoms with van der Waals surface area (Å²) < 4.78 is 1.94. The van der Waals surface area contributed by atoms with E-state index in [9.17, 15) is 0 Å². The van der Waals surface area contributed by atoms with E-state index in [1.54, 1.807) is 0 Å². The van der Waals surface area contributed by atoms with E-state index in [2.05, 4.69) is 48.1 Å². The average Bonchev–Trinajstić information content (AvgIpc) is 2.90. The van der Waals surface area contributed by atoms with Crippen LogP contribution in [0, 0.1) is 6.92 Å². The molecular formula is C15H23N5. The van der Waals surface area contributed by atoms with Crippen molar-refractivity contribution in [3.8, 4) is 11.4 Å². The highest BCUT2D eigenvalue weighted by Crippen LogP contribution is 2.22. The molecule has 0 aromatic carbocycles. The van der Waals surface area contributed by atoms with Gasteiger partial charge in [-0.05, 0) is 26.7 Å². The minimum absolute atomic E-state index is 0.755. The van der Waals surface area contributed by atoms with Crippen LogP contribution in [0.5, 0.6) is 0 Å². The Morgan fingerprint density at radius 3 is 2.65 bits per heavy atom. The van der Waals surface area contributed by atoms with Crippen LogP contribution < -0.4 is 5.32 Å². The van der Waals surface area contributed by atoms with Crippen molar-refractivity contribution in [2.75, 3.05) is 11.9 Å². The Labute approximate surface area is 120 Å².